The van der Waals surface area contributed by atoms with E-state index in [2.05, 4.69) is 14.9 Å². The lowest BCUT2D eigenvalue weighted by atomic mass is 10.3. The molecule has 0 bridgehead atoms. The zero-order valence-electron chi connectivity index (χ0n) is 11.6. The Hall–Kier alpha value is -1.67. The lowest BCUT2D eigenvalue weighted by Gasteiger charge is -2.34. The number of hydrogen-bond donors (Lipinski definition) is 0. The van der Waals surface area contributed by atoms with Crippen LogP contribution in [0.1, 0.15) is 12.8 Å². The van der Waals surface area contributed by atoms with Crippen LogP contribution in [-0.2, 0) is 10.0 Å². The molecule has 1 saturated carbocycles. The quantitative estimate of drug-likeness (QED) is 0.818. The highest BCUT2D eigenvalue weighted by Gasteiger charge is 2.41. The van der Waals surface area contributed by atoms with E-state index in [1.807, 2.05) is 16.8 Å². The molecule has 0 spiro atoms. The Bertz CT molecular complexity index is 760. The van der Waals surface area contributed by atoms with Gasteiger partial charge in [0.1, 0.15) is 0 Å². The molecule has 1 aliphatic heterocycles. The topological polar surface area (TPSA) is 70.8 Å². The van der Waals surface area contributed by atoms with Crippen molar-refractivity contribution >= 4 is 21.5 Å². The fourth-order valence-corrected chi connectivity index (χ4v) is 4.62. The number of fused-ring (bicyclic) bond motifs is 1. The number of hydrogen-bond acceptors (Lipinski definition) is 5. The van der Waals surface area contributed by atoms with Gasteiger partial charge in [-0.15, -0.1) is 0 Å². The van der Waals surface area contributed by atoms with E-state index in [-0.39, 0.29) is 5.25 Å². The molecule has 0 radical (unpaired) electrons. The number of anilines is 1. The van der Waals surface area contributed by atoms with E-state index in [4.69, 9.17) is 0 Å². The first-order chi connectivity index (χ1) is 10.2. The van der Waals surface area contributed by atoms with Gasteiger partial charge in [0.15, 0.2) is 11.5 Å². The molecule has 2 fully saturated rings. The van der Waals surface area contributed by atoms with E-state index in [9.17, 15) is 8.42 Å². The molecule has 7 nitrogen and oxygen atoms in total. The average Bonchev–Trinajstić information content (AvgIpc) is 3.26. The molecule has 21 heavy (non-hydrogen) atoms. The van der Waals surface area contributed by atoms with Gasteiger partial charge in [0.2, 0.25) is 10.0 Å². The van der Waals surface area contributed by atoms with Crippen molar-refractivity contribution < 1.29 is 8.42 Å². The van der Waals surface area contributed by atoms with Crippen LogP contribution in [0.4, 0.5) is 5.82 Å². The molecule has 0 atom stereocenters. The van der Waals surface area contributed by atoms with Gasteiger partial charge in [0, 0.05) is 51.0 Å². The Labute approximate surface area is 123 Å². The van der Waals surface area contributed by atoms with E-state index in [0.29, 0.717) is 26.2 Å². The Kier molecular flexibility index (Phi) is 2.90. The second-order valence-electron chi connectivity index (χ2n) is 5.54. The van der Waals surface area contributed by atoms with Gasteiger partial charge in [-0.3, -0.25) is 0 Å². The van der Waals surface area contributed by atoms with Crippen LogP contribution >= 0.6 is 0 Å². The minimum atomic E-state index is -3.06. The monoisotopic (exact) mass is 307 g/mol. The van der Waals surface area contributed by atoms with Crippen LogP contribution in [0.25, 0.3) is 5.65 Å². The van der Waals surface area contributed by atoms with Crippen LogP contribution in [0, 0.1) is 0 Å². The first kappa shape index (κ1) is 13.0. The molecule has 2 aliphatic rings. The third-order valence-electron chi connectivity index (χ3n) is 4.14. The third kappa shape index (κ3) is 2.18. The van der Waals surface area contributed by atoms with Crippen molar-refractivity contribution in [2.45, 2.75) is 18.1 Å². The van der Waals surface area contributed by atoms with Gasteiger partial charge in [0.05, 0.1) is 5.25 Å². The van der Waals surface area contributed by atoms with E-state index in [1.54, 1.807) is 16.7 Å². The molecular formula is C13H17N5O2S. The third-order valence-corrected chi connectivity index (χ3v) is 6.54. The number of aromatic nitrogens is 3. The number of nitrogens with zero attached hydrogens (tertiary/aromatic N) is 5. The number of sulfonamides is 1. The van der Waals surface area contributed by atoms with Crippen molar-refractivity contribution in [3.05, 3.63) is 24.8 Å². The summed E-state index contributed by atoms with van der Waals surface area (Å²) < 4.78 is 28.0. The summed E-state index contributed by atoms with van der Waals surface area (Å²) in [6.45, 7) is 2.38. The van der Waals surface area contributed by atoms with Gasteiger partial charge in [-0.05, 0) is 12.8 Å². The second-order valence-corrected chi connectivity index (χ2v) is 7.75. The molecule has 1 saturated heterocycles. The summed E-state index contributed by atoms with van der Waals surface area (Å²) >= 11 is 0. The summed E-state index contributed by atoms with van der Waals surface area (Å²) in [6, 6.07) is 0. The summed E-state index contributed by atoms with van der Waals surface area (Å²) in [6.07, 6.45) is 8.87. The Morgan fingerprint density at radius 3 is 2.33 bits per heavy atom. The maximum absolute atomic E-state index is 12.2. The average molecular weight is 307 g/mol. The van der Waals surface area contributed by atoms with Gasteiger partial charge >= 0.3 is 0 Å². The molecule has 0 N–H and O–H groups in total. The molecular weight excluding hydrogens is 290 g/mol. The molecule has 0 amide bonds. The highest BCUT2D eigenvalue weighted by Crippen LogP contribution is 2.31. The van der Waals surface area contributed by atoms with Crippen LogP contribution in [0.2, 0.25) is 0 Å². The summed E-state index contributed by atoms with van der Waals surface area (Å²) in [4.78, 5) is 10.9. The molecule has 0 aromatic carbocycles. The highest BCUT2D eigenvalue weighted by atomic mass is 32.2. The van der Waals surface area contributed by atoms with Gasteiger partial charge in [-0.2, -0.15) is 4.31 Å². The largest absolute Gasteiger partial charge is 0.351 e. The zero-order chi connectivity index (χ0) is 14.4. The predicted octanol–water partition coefficient (Wildman–Crippen LogP) is 0.343. The van der Waals surface area contributed by atoms with Crippen molar-refractivity contribution in [1.82, 2.24) is 18.7 Å². The lowest BCUT2D eigenvalue weighted by Crippen LogP contribution is -2.50. The maximum atomic E-state index is 12.2. The lowest BCUT2D eigenvalue weighted by molar-refractivity contribution is 0.383. The highest BCUT2D eigenvalue weighted by molar-refractivity contribution is 7.90. The van der Waals surface area contributed by atoms with Crippen molar-refractivity contribution in [2.75, 3.05) is 31.1 Å². The van der Waals surface area contributed by atoms with Crippen LogP contribution in [0.3, 0.4) is 0 Å². The summed E-state index contributed by atoms with van der Waals surface area (Å²) in [7, 11) is -3.06. The number of piperazine rings is 1. The fraction of sp³-hybridized carbons (Fsp3) is 0.538. The maximum Gasteiger partial charge on any atom is 0.217 e. The van der Waals surface area contributed by atoms with Crippen molar-refractivity contribution in [2.24, 2.45) is 0 Å². The summed E-state index contributed by atoms with van der Waals surface area (Å²) in [5.74, 6) is 0.825. The van der Waals surface area contributed by atoms with Gasteiger partial charge < -0.3 is 9.30 Å². The van der Waals surface area contributed by atoms with E-state index < -0.39 is 10.0 Å². The molecule has 2 aromatic heterocycles. The molecule has 0 unspecified atom stereocenters. The van der Waals surface area contributed by atoms with Crippen LogP contribution in [0.5, 0.6) is 0 Å². The van der Waals surface area contributed by atoms with Crippen LogP contribution < -0.4 is 4.90 Å². The molecule has 1 aliphatic carbocycles. The summed E-state index contributed by atoms with van der Waals surface area (Å²) in [5.41, 5.74) is 0.816. The number of imidazole rings is 1. The molecule has 8 heteroatoms. The normalized spacial score (nSPS) is 21.0. The van der Waals surface area contributed by atoms with Gasteiger partial charge in [-0.25, -0.2) is 18.4 Å². The first-order valence-corrected chi connectivity index (χ1v) is 8.68. The van der Waals surface area contributed by atoms with E-state index in [0.717, 1.165) is 24.3 Å². The second kappa shape index (κ2) is 4.67. The Balaban J connectivity index is 1.54. The molecule has 3 heterocycles. The standard InChI is InChI=1S/C13H17N5O2S/c19-21(20,11-1-2-11)18-9-7-17(8-10-18)13-12-14-3-5-16(12)6-4-15-13/h3-6,11H,1-2,7-10H2. The number of rotatable bonds is 3. The minimum Gasteiger partial charge on any atom is -0.351 e. The molecule has 112 valence electrons. The van der Waals surface area contributed by atoms with Gasteiger partial charge in [0.25, 0.3) is 0 Å². The zero-order valence-corrected chi connectivity index (χ0v) is 12.4. The molecule has 4 rings (SSSR count). The first-order valence-electron chi connectivity index (χ1n) is 7.18. The summed E-state index contributed by atoms with van der Waals surface area (Å²) in [5, 5.41) is -0.127. The van der Waals surface area contributed by atoms with Crippen molar-refractivity contribution in [3.63, 3.8) is 0 Å². The SMILES string of the molecule is O=S(=O)(C1CC1)N1CCN(c2nccn3ccnc23)CC1. The smallest absolute Gasteiger partial charge is 0.217 e. The van der Waals surface area contributed by atoms with Crippen molar-refractivity contribution in [3.8, 4) is 0 Å². The van der Waals surface area contributed by atoms with Crippen molar-refractivity contribution in [1.29, 1.82) is 0 Å². The Morgan fingerprint density at radius 2 is 1.67 bits per heavy atom. The Morgan fingerprint density at radius 1 is 1.00 bits per heavy atom. The predicted molar refractivity (Wildman–Crippen MR) is 78.7 cm³/mol. The van der Waals surface area contributed by atoms with Crippen LogP contribution in [-0.4, -0.2) is 58.5 Å². The van der Waals surface area contributed by atoms with Crippen LogP contribution in [0.15, 0.2) is 24.8 Å². The fourth-order valence-electron chi connectivity index (χ4n) is 2.79. The van der Waals surface area contributed by atoms with Gasteiger partial charge in [-0.1, -0.05) is 0 Å². The molecule has 2 aromatic rings. The van der Waals surface area contributed by atoms with E-state index in [1.165, 1.54) is 0 Å². The minimum absolute atomic E-state index is 0.127. The van der Waals surface area contributed by atoms with E-state index >= 15 is 0 Å².